The third-order valence-corrected chi connectivity index (χ3v) is 2.08. The van der Waals surface area contributed by atoms with Crippen LogP contribution < -0.4 is 11.5 Å². The van der Waals surface area contributed by atoms with E-state index in [0.717, 1.165) is 0 Å². The zero-order valence-electron chi connectivity index (χ0n) is 7.93. The van der Waals surface area contributed by atoms with Crippen molar-refractivity contribution in [1.82, 2.24) is 0 Å². The van der Waals surface area contributed by atoms with Crippen molar-refractivity contribution in [2.45, 2.75) is 18.6 Å². The molecule has 0 aliphatic rings. The maximum Gasteiger partial charge on any atom is 0.105 e. The van der Waals surface area contributed by atoms with Crippen molar-refractivity contribution in [2.75, 3.05) is 12.3 Å². The molecule has 0 aromatic heterocycles. The Labute approximate surface area is 83.2 Å². The third kappa shape index (κ3) is 2.70. The standard InChI is InChI=1S/C10H16N2O2/c11-5-4-9(13)10(14)7-2-1-3-8(12)6-7/h1-3,6,9-10,13-14H,4-5,11-12H2. The zero-order valence-corrected chi connectivity index (χ0v) is 7.93. The lowest BCUT2D eigenvalue weighted by Gasteiger charge is -2.17. The van der Waals surface area contributed by atoms with Crippen LogP contribution in [0.15, 0.2) is 24.3 Å². The van der Waals surface area contributed by atoms with E-state index in [4.69, 9.17) is 11.5 Å². The number of rotatable bonds is 4. The van der Waals surface area contributed by atoms with Gasteiger partial charge in [-0.2, -0.15) is 0 Å². The fraction of sp³-hybridized carbons (Fsp3) is 0.400. The van der Waals surface area contributed by atoms with Gasteiger partial charge in [0.05, 0.1) is 6.10 Å². The molecular weight excluding hydrogens is 180 g/mol. The number of hydrogen-bond acceptors (Lipinski definition) is 4. The van der Waals surface area contributed by atoms with Gasteiger partial charge in [-0.3, -0.25) is 0 Å². The summed E-state index contributed by atoms with van der Waals surface area (Å²) in [7, 11) is 0. The predicted molar refractivity (Wildman–Crippen MR) is 55.5 cm³/mol. The number of aliphatic hydroxyl groups is 2. The van der Waals surface area contributed by atoms with Gasteiger partial charge in [0.15, 0.2) is 0 Å². The third-order valence-electron chi connectivity index (χ3n) is 2.08. The Kier molecular flexibility index (Phi) is 3.88. The van der Waals surface area contributed by atoms with Gasteiger partial charge < -0.3 is 21.7 Å². The molecule has 0 aliphatic carbocycles. The van der Waals surface area contributed by atoms with Crippen LogP contribution >= 0.6 is 0 Å². The smallest absolute Gasteiger partial charge is 0.105 e. The number of hydrogen-bond donors (Lipinski definition) is 4. The molecule has 0 saturated heterocycles. The number of benzene rings is 1. The van der Waals surface area contributed by atoms with Gasteiger partial charge in [0.25, 0.3) is 0 Å². The highest BCUT2D eigenvalue weighted by atomic mass is 16.3. The van der Waals surface area contributed by atoms with E-state index in [-0.39, 0.29) is 0 Å². The molecule has 4 nitrogen and oxygen atoms in total. The molecule has 0 heterocycles. The summed E-state index contributed by atoms with van der Waals surface area (Å²) in [6, 6.07) is 6.83. The average Bonchev–Trinajstić information content (AvgIpc) is 2.17. The van der Waals surface area contributed by atoms with Crippen molar-refractivity contribution in [3.05, 3.63) is 29.8 Å². The molecule has 78 valence electrons. The molecule has 0 spiro atoms. The van der Waals surface area contributed by atoms with Gasteiger partial charge in [-0.05, 0) is 30.7 Å². The molecule has 2 unspecified atom stereocenters. The highest BCUT2D eigenvalue weighted by Crippen LogP contribution is 2.20. The average molecular weight is 196 g/mol. The second-order valence-corrected chi connectivity index (χ2v) is 3.26. The zero-order chi connectivity index (χ0) is 10.6. The molecule has 0 saturated carbocycles. The van der Waals surface area contributed by atoms with Crippen molar-refractivity contribution in [3.8, 4) is 0 Å². The summed E-state index contributed by atoms with van der Waals surface area (Å²) in [6.07, 6.45) is -1.38. The van der Waals surface area contributed by atoms with E-state index in [1.165, 1.54) is 0 Å². The molecular formula is C10H16N2O2. The lowest BCUT2D eigenvalue weighted by molar-refractivity contribution is 0.0150. The molecule has 14 heavy (non-hydrogen) atoms. The second-order valence-electron chi connectivity index (χ2n) is 3.26. The van der Waals surface area contributed by atoms with Crippen molar-refractivity contribution >= 4 is 5.69 Å². The molecule has 1 aromatic rings. The minimum Gasteiger partial charge on any atom is -0.399 e. The quantitative estimate of drug-likeness (QED) is 0.510. The van der Waals surface area contributed by atoms with Crippen LogP contribution in [-0.2, 0) is 0 Å². The molecule has 0 radical (unpaired) electrons. The van der Waals surface area contributed by atoms with E-state index in [1.54, 1.807) is 24.3 Å². The van der Waals surface area contributed by atoms with Crippen LogP contribution in [-0.4, -0.2) is 22.9 Å². The Morgan fingerprint density at radius 3 is 2.57 bits per heavy atom. The van der Waals surface area contributed by atoms with Gasteiger partial charge in [-0.1, -0.05) is 12.1 Å². The highest BCUT2D eigenvalue weighted by Gasteiger charge is 2.17. The van der Waals surface area contributed by atoms with Gasteiger partial charge in [-0.15, -0.1) is 0 Å². The highest BCUT2D eigenvalue weighted by molar-refractivity contribution is 5.41. The first-order chi connectivity index (χ1) is 6.65. The van der Waals surface area contributed by atoms with Crippen molar-refractivity contribution in [2.24, 2.45) is 5.73 Å². The lowest BCUT2D eigenvalue weighted by atomic mass is 10.0. The van der Waals surface area contributed by atoms with Crippen LogP contribution in [0.25, 0.3) is 0 Å². The molecule has 0 amide bonds. The Bertz CT molecular complexity index is 291. The number of nitrogens with two attached hydrogens (primary N) is 2. The van der Waals surface area contributed by atoms with Crippen molar-refractivity contribution < 1.29 is 10.2 Å². The maximum atomic E-state index is 9.68. The van der Waals surface area contributed by atoms with Crippen LogP contribution in [0.4, 0.5) is 5.69 Å². The molecule has 0 aliphatic heterocycles. The fourth-order valence-electron chi connectivity index (χ4n) is 1.29. The largest absolute Gasteiger partial charge is 0.399 e. The van der Waals surface area contributed by atoms with E-state index >= 15 is 0 Å². The van der Waals surface area contributed by atoms with E-state index in [2.05, 4.69) is 0 Å². The van der Waals surface area contributed by atoms with Crippen LogP contribution in [0.1, 0.15) is 18.1 Å². The summed E-state index contributed by atoms with van der Waals surface area (Å²) in [6.45, 7) is 0.348. The van der Waals surface area contributed by atoms with E-state index in [9.17, 15) is 10.2 Å². The summed E-state index contributed by atoms with van der Waals surface area (Å²) in [5.74, 6) is 0. The second kappa shape index (κ2) is 4.95. The molecule has 2 atom stereocenters. The first kappa shape index (κ1) is 11.0. The Morgan fingerprint density at radius 2 is 2.00 bits per heavy atom. The van der Waals surface area contributed by atoms with Gasteiger partial charge in [0.1, 0.15) is 6.10 Å². The Balaban J connectivity index is 2.73. The topological polar surface area (TPSA) is 92.5 Å². The first-order valence-electron chi connectivity index (χ1n) is 4.56. The SMILES string of the molecule is NCCC(O)C(O)c1cccc(N)c1. The van der Waals surface area contributed by atoms with Gasteiger partial charge >= 0.3 is 0 Å². The monoisotopic (exact) mass is 196 g/mol. The normalized spacial score (nSPS) is 15.1. The number of nitrogen functional groups attached to an aromatic ring is 1. The van der Waals surface area contributed by atoms with Gasteiger partial charge in [0.2, 0.25) is 0 Å². The summed E-state index contributed by atoms with van der Waals surface area (Å²) in [5, 5.41) is 19.2. The molecule has 6 N–H and O–H groups in total. The van der Waals surface area contributed by atoms with E-state index < -0.39 is 12.2 Å². The lowest BCUT2D eigenvalue weighted by Crippen LogP contribution is -2.21. The number of aliphatic hydroxyl groups excluding tert-OH is 2. The summed E-state index contributed by atoms with van der Waals surface area (Å²) >= 11 is 0. The summed E-state index contributed by atoms with van der Waals surface area (Å²) in [5.41, 5.74) is 12.0. The molecule has 4 heteroatoms. The van der Waals surface area contributed by atoms with E-state index in [1.807, 2.05) is 0 Å². The van der Waals surface area contributed by atoms with Crippen LogP contribution in [0.3, 0.4) is 0 Å². The van der Waals surface area contributed by atoms with E-state index in [0.29, 0.717) is 24.2 Å². The predicted octanol–water partition coefficient (Wildman–Crippen LogP) is 0.0119. The van der Waals surface area contributed by atoms with Gasteiger partial charge in [-0.25, -0.2) is 0 Å². The first-order valence-corrected chi connectivity index (χ1v) is 4.56. The number of anilines is 1. The maximum absolute atomic E-state index is 9.68. The van der Waals surface area contributed by atoms with Crippen molar-refractivity contribution in [1.29, 1.82) is 0 Å². The van der Waals surface area contributed by atoms with Crippen LogP contribution in [0.2, 0.25) is 0 Å². The van der Waals surface area contributed by atoms with Gasteiger partial charge in [0, 0.05) is 5.69 Å². The van der Waals surface area contributed by atoms with Crippen LogP contribution in [0.5, 0.6) is 0 Å². The fourth-order valence-corrected chi connectivity index (χ4v) is 1.29. The Morgan fingerprint density at radius 1 is 1.29 bits per heavy atom. The molecule has 0 bridgehead atoms. The Hall–Kier alpha value is -1.10. The molecule has 0 fully saturated rings. The minimum atomic E-state index is -0.915. The summed E-state index contributed by atoms with van der Waals surface area (Å²) in [4.78, 5) is 0. The molecule has 1 aromatic carbocycles. The van der Waals surface area contributed by atoms with Crippen molar-refractivity contribution in [3.63, 3.8) is 0 Å². The minimum absolute atomic E-state index is 0.348. The summed E-state index contributed by atoms with van der Waals surface area (Å²) < 4.78 is 0. The van der Waals surface area contributed by atoms with Crippen LogP contribution in [0, 0.1) is 0 Å². The molecule has 1 rings (SSSR count).